The Hall–Kier alpha value is -3.96. The lowest BCUT2D eigenvalue weighted by Crippen LogP contribution is -2.53. The largest absolute Gasteiger partial charge is 0.355 e. The van der Waals surface area contributed by atoms with Gasteiger partial charge in [0.05, 0.1) is 16.9 Å². The minimum absolute atomic E-state index is 0.00280. The van der Waals surface area contributed by atoms with Crippen LogP contribution in [0.4, 0.5) is 11.4 Å². The molecule has 0 bridgehead atoms. The monoisotopic (exact) mass is 572 g/mol. The molecule has 0 aromatic heterocycles. The van der Waals surface area contributed by atoms with Crippen molar-refractivity contribution in [2.45, 2.75) is 25.9 Å². The minimum atomic E-state index is -4.04. The maximum atomic E-state index is 13.9. The Bertz CT molecular complexity index is 1420. The molecule has 0 fully saturated rings. The number of nitro benzene ring substituents is 1. The van der Waals surface area contributed by atoms with Gasteiger partial charge in [0.15, 0.2) is 0 Å². The van der Waals surface area contributed by atoms with E-state index < -0.39 is 39.3 Å². The second kappa shape index (κ2) is 13.2. The number of nitrogens with one attached hydrogen (secondary N) is 1. The first-order chi connectivity index (χ1) is 18.5. The van der Waals surface area contributed by atoms with Gasteiger partial charge in [0.25, 0.3) is 5.69 Å². The third kappa shape index (κ3) is 8.26. The summed E-state index contributed by atoms with van der Waals surface area (Å²) in [5.74, 6) is -1.06. The number of sulfonamides is 1. The van der Waals surface area contributed by atoms with Crippen LogP contribution in [0.2, 0.25) is 5.02 Å². The van der Waals surface area contributed by atoms with Crippen molar-refractivity contribution in [2.24, 2.45) is 0 Å². The highest BCUT2D eigenvalue weighted by Gasteiger charge is 2.33. The molecular formula is C27H29ClN4O6S. The van der Waals surface area contributed by atoms with Gasteiger partial charge in [0, 0.05) is 36.7 Å². The Morgan fingerprint density at radius 3 is 2.26 bits per heavy atom. The van der Waals surface area contributed by atoms with Gasteiger partial charge < -0.3 is 10.2 Å². The van der Waals surface area contributed by atoms with E-state index in [1.807, 2.05) is 30.3 Å². The molecule has 0 aliphatic carbocycles. The lowest BCUT2D eigenvalue weighted by Gasteiger charge is -2.33. The summed E-state index contributed by atoms with van der Waals surface area (Å²) in [5, 5.41) is 14.6. The average molecular weight is 573 g/mol. The van der Waals surface area contributed by atoms with Gasteiger partial charge >= 0.3 is 0 Å². The van der Waals surface area contributed by atoms with Crippen LogP contribution in [0.25, 0.3) is 0 Å². The van der Waals surface area contributed by atoms with Crippen molar-refractivity contribution in [3.8, 4) is 0 Å². The molecule has 12 heteroatoms. The number of hydrogen-bond donors (Lipinski definition) is 1. The fourth-order valence-corrected chi connectivity index (χ4v) is 4.98. The van der Waals surface area contributed by atoms with Crippen molar-refractivity contribution >= 4 is 44.8 Å². The Labute approximate surface area is 232 Å². The number of nitro groups is 1. The molecule has 3 rings (SSSR count). The van der Waals surface area contributed by atoms with Crippen molar-refractivity contribution in [1.82, 2.24) is 10.2 Å². The number of halogens is 1. The number of amides is 2. The zero-order valence-corrected chi connectivity index (χ0v) is 23.1. The maximum absolute atomic E-state index is 13.9. The zero-order chi connectivity index (χ0) is 28.6. The summed E-state index contributed by atoms with van der Waals surface area (Å²) < 4.78 is 26.3. The van der Waals surface area contributed by atoms with Crippen LogP contribution in [0, 0.1) is 10.1 Å². The summed E-state index contributed by atoms with van der Waals surface area (Å²) in [6.45, 7) is 1.42. The lowest BCUT2D eigenvalue weighted by atomic mass is 10.0. The topological polar surface area (TPSA) is 130 Å². The second-order valence-electron chi connectivity index (χ2n) is 8.79. The number of nitrogens with zero attached hydrogens (tertiary/aromatic N) is 3. The first kappa shape index (κ1) is 29.6. The van der Waals surface area contributed by atoms with Crippen LogP contribution < -0.4 is 9.62 Å². The average Bonchev–Trinajstić information content (AvgIpc) is 2.90. The molecule has 3 aromatic rings. The first-order valence-corrected chi connectivity index (χ1v) is 14.3. The standard InChI is InChI=1S/C27H29ClN4O6S/c1-3-29-27(34)25(16-20-8-5-4-6-9-20)30(18-21-12-14-22(28)15-13-21)26(33)19-31(39(2,37)38)23-10-7-11-24(17-23)32(35)36/h4-15,17,25H,3,16,18-19H2,1-2H3,(H,29,34)/t25-/m0/s1. The summed E-state index contributed by atoms with van der Waals surface area (Å²) in [7, 11) is -4.04. The molecule has 1 atom stereocenters. The van der Waals surface area contributed by atoms with E-state index in [4.69, 9.17) is 11.6 Å². The highest BCUT2D eigenvalue weighted by molar-refractivity contribution is 7.92. The molecule has 0 radical (unpaired) electrons. The summed E-state index contributed by atoms with van der Waals surface area (Å²) in [6, 6.07) is 20.0. The molecule has 0 heterocycles. The van der Waals surface area contributed by atoms with Crippen LogP contribution in [-0.4, -0.2) is 55.4 Å². The number of benzene rings is 3. The van der Waals surface area contributed by atoms with Crippen LogP contribution >= 0.6 is 11.6 Å². The van der Waals surface area contributed by atoms with E-state index in [9.17, 15) is 28.1 Å². The van der Waals surface area contributed by atoms with E-state index in [2.05, 4.69) is 5.32 Å². The first-order valence-electron chi connectivity index (χ1n) is 12.1. The molecular weight excluding hydrogens is 544 g/mol. The Balaban J connectivity index is 2.05. The maximum Gasteiger partial charge on any atom is 0.271 e. The smallest absolute Gasteiger partial charge is 0.271 e. The molecule has 0 aliphatic heterocycles. The van der Waals surface area contributed by atoms with Crippen LogP contribution in [0.3, 0.4) is 0 Å². The van der Waals surface area contributed by atoms with Crippen molar-refractivity contribution in [2.75, 3.05) is 23.7 Å². The van der Waals surface area contributed by atoms with Crippen LogP contribution in [0.15, 0.2) is 78.9 Å². The predicted octanol–water partition coefficient (Wildman–Crippen LogP) is 3.79. The highest BCUT2D eigenvalue weighted by Crippen LogP contribution is 2.24. The number of carbonyl (C=O) groups excluding carboxylic acids is 2. The molecule has 0 saturated heterocycles. The molecule has 3 aromatic carbocycles. The van der Waals surface area contributed by atoms with Crippen molar-refractivity contribution in [3.63, 3.8) is 0 Å². The molecule has 206 valence electrons. The van der Waals surface area contributed by atoms with E-state index >= 15 is 0 Å². The Kier molecular flexibility index (Phi) is 10.0. The highest BCUT2D eigenvalue weighted by atomic mass is 35.5. The third-order valence-electron chi connectivity index (χ3n) is 5.90. The number of hydrogen-bond acceptors (Lipinski definition) is 6. The summed E-state index contributed by atoms with van der Waals surface area (Å²) >= 11 is 6.03. The second-order valence-corrected chi connectivity index (χ2v) is 11.1. The zero-order valence-electron chi connectivity index (χ0n) is 21.5. The van der Waals surface area contributed by atoms with Gasteiger partial charge in [-0.2, -0.15) is 0 Å². The molecule has 0 saturated carbocycles. The lowest BCUT2D eigenvalue weighted by molar-refractivity contribution is -0.384. The van der Waals surface area contributed by atoms with Crippen molar-refractivity contribution in [3.05, 3.63) is 105 Å². The number of anilines is 1. The molecule has 39 heavy (non-hydrogen) atoms. The Morgan fingerprint density at radius 1 is 1.00 bits per heavy atom. The van der Waals surface area contributed by atoms with E-state index in [0.717, 1.165) is 22.2 Å². The van der Waals surface area contributed by atoms with Crippen molar-refractivity contribution in [1.29, 1.82) is 0 Å². The molecule has 2 amide bonds. The van der Waals surface area contributed by atoms with Crippen LogP contribution in [0.1, 0.15) is 18.1 Å². The van der Waals surface area contributed by atoms with Gasteiger partial charge in [0.1, 0.15) is 12.6 Å². The van der Waals surface area contributed by atoms with E-state index in [0.29, 0.717) is 17.1 Å². The predicted molar refractivity (Wildman–Crippen MR) is 150 cm³/mol. The number of non-ortho nitro benzene ring substituents is 1. The molecule has 0 spiro atoms. The minimum Gasteiger partial charge on any atom is -0.355 e. The Morgan fingerprint density at radius 2 is 1.67 bits per heavy atom. The van der Waals surface area contributed by atoms with Crippen LogP contribution in [0.5, 0.6) is 0 Å². The van der Waals surface area contributed by atoms with Gasteiger partial charge in [-0.25, -0.2) is 8.42 Å². The van der Waals surface area contributed by atoms with Gasteiger partial charge in [-0.15, -0.1) is 0 Å². The normalized spacial score (nSPS) is 11.9. The van der Waals surface area contributed by atoms with Crippen molar-refractivity contribution < 1.29 is 22.9 Å². The van der Waals surface area contributed by atoms with E-state index in [1.54, 1.807) is 31.2 Å². The number of likely N-dealkylation sites (N-methyl/N-ethyl adjacent to an activating group) is 1. The SMILES string of the molecule is CCNC(=O)[C@H](Cc1ccccc1)N(Cc1ccc(Cl)cc1)C(=O)CN(c1cccc([N+](=O)[O-])c1)S(C)(=O)=O. The summed E-state index contributed by atoms with van der Waals surface area (Å²) in [5.41, 5.74) is 1.12. The third-order valence-corrected chi connectivity index (χ3v) is 7.29. The summed E-state index contributed by atoms with van der Waals surface area (Å²) in [6.07, 6.45) is 1.09. The van der Waals surface area contributed by atoms with Gasteiger partial charge in [-0.1, -0.05) is 60.1 Å². The van der Waals surface area contributed by atoms with Gasteiger partial charge in [0.2, 0.25) is 21.8 Å². The van der Waals surface area contributed by atoms with Crippen LogP contribution in [-0.2, 0) is 32.6 Å². The number of rotatable bonds is 12. The fraction of sp³-hybridized carbons (Fsp3) is 0.259. The quantitative estimate of drug-likeness (QED) is 0.260. The molecule has 0 aliphatic rings. The summed E-state index contributed by atoms with van der Waals surface area (Å²) in [4.78, 5) is 39.1. The van der Waals surface area contributed by atoms with E-state index in [1.165, 1.54) is 23.1 Å². The molecule has 10 nitrogen and oxygen atoms in total. The van der Waals surface area contributed by atoms with E-state index in [-0.39, 0.29) is 24.3 Å². The molecule has 1 N–H and O–H groups in total. The molecule has 0 unspecified atom stereocenters. The number of carbonyl (C=O) groups is 2. The fourth-order valence-electron chi connectivity index (χ4n) is 4.01. The van der Waals surface area contributed by atoms with Gasteiger partial charge in [-0.3, -0.25) is 24.0 Å². The van der Waals surface area contributed by atoms with Gasteiger partial charge in [-0.05, 0) is 36.2 Å².